The lowest BCUT2D eigenvalue weighted by molar-refractivity contribution is 0.907. The van der Waals surface area contributed by atoms with E-state index in [-0.39, 0.29) is 0 Å². The molecule has 0 heterocycles. The Balaban J connectivity index is 2.96. The van der Waals surface area contributed by atoms with Crippen LogP contribution in [0.2, 0.25) is 0 Å². The van der Waals surface area contributed by atoms with Crippen molar-refractivity contribution in [2.24, 2.45) is 0 Å². The molecule has 0 amide bonds. The minimum Gasteiger partial charge on any atom is -0.0654 e. The summed E-state index contributed by atoms with van der Waals surface area (Å²) in [7, 11) is 0. The largest absolute Gasteiger partial charge is 0.0654 e. The molecule has 0 nitrogen and oxygen atoms in total. The monoisotopic (exact) mass is 175 g/mol. The maximum Gasteiger partial charge on any atom is -0.00876 e. The molecular formula is C13H19. The Morgan fingerprint density at radius 3 is 2.31 bits per heavy atom. The van der Waals surface area contributed by atoms with E-state index in [1.165, 1.54) is 35.1 Å². The first kappa shape index (κ1) is 10.3. The van der Waals surface area contributed by atoms with E-state index in [4.69, 9.17) is 0 Å². The van der Waals surface area contributed by atoms with Crippen molar-refractivity contribution in [3.63, 3.8) is 0 Å². The smallest absolute Gasteiger partial charge is 0.00876 e. The molecule has 1 radical (unpaired) electrons. The van der Waals surface area contributed by atoms with Gasteiger partial charge in [-0.3, -0.25) is 0 Å². The van der Waals surface area contributed by atoms with Crippen LogP contribution in [0.4, 0.5) is 0 Å². The SMILES string of the molecule is CCC[CH]c1c(C)ccc(C)c1C. The van der Waals surface area contributed by atoms with E-state index >= 15 is 0 Å². The molecule has 0 fully saturated rings. The number of unbranched alkanes of at least 4 members (excludes halogenated alkanes) is 1. The van der Waals surface area contributed by atoms with Crippen molar-refractivity contribution in [3.05, 3.63) is 40.8 Å². The van der Waals surface area contributed by atoms with Crippen molar-refractivity contribution >= 4 is 0 Å². The third kappa shape index (κ3) is 2.33. The average Bonchev–Trinajstić information content (AvgIpc) is 2.12. The molecule has 0 bridgehead atoms. The molecule has 0 saturated carbocycles. The molecule has 0 atom stereocenters. The van der Waals surface area contributed by atoms with Gasteiger partial charge in [-0.25, -0.2) is 0 Å². The van der Waals surface area contributed by atoms with Crippen molar-refractivity contribution in [2.45, 2.75) is 40.5 Å². The van der Waals surface area contributed by atoms with Crippen LogP contribution in [0.1, 0.15) is 42.0 Å². The van der Waals surface area contributed by atoms with Gasteiger partial charge in [0.2, 0.25) is 0 Å². The number of benzene rings is 1. The third-order valence-corrected chi connectivity index (χ3v) is 2.64. The topological polar surface area (TPSA) is 0 Å². The molecule has 1 aromatic carbocycles. The van der Waals surface area contributed by atoms with Gasteiger partial charge in [0.25, 0.3) is 0 Å². The fourth-order valence-corrected chi connectivity index (χ4v) is 1.58. The molecule has 1 aromatic rings. The Morgan fingerprint density at radius 1 is 1.08 bits per heavy atom. The van der Waals surface area contributed by atoms with E-state index < -0.39 is 0 Å². The average molecular weight is 175 g/mol. The highest BCUT2D eigenvalue weighted by Gasteiger charge is 2.03. The van der Waals surface area contributed by atoms with Crippen LogP contribution in [-0.4, -0.2) is 0 Å². The van der Waals surface area contributed by atoms with Crippen molar-refractivity contribution in [1.29, 1.82) is 0 Å². The van der Waals surface area contributed by atoms with E-state index in [0.29, 0.717) is 0 Å². The predicted octanol–water partition coefficient (Wildman–Crippen LogP) is 3.96. The summed E-state index contributed by atoms with van der Waals surface area (Å²) in [5, 5.41) is 0. The van der Waals surface area contributed by atoms with Gasteiger partial charge >= 0.3 is 0 Å². The molecule has 13 heavy (non-hydrogen) atoms. The summed E-state index contributed by atoms with van der Waals surface area (Å²) in [6.45, 7) is 8.80. The number of hydrogen-bond donors (Lipinski definition) is 0. The lowest BCUT2D eigenvalue weighted by Gasteiger charge is -2.11. The molecule has 1 rings (SSSR count). The van der Waals surface area contributed by atoms with Crippen LogP contribution in [0, 0.1) is 27.2 Å². The molecule has 0 aliphatic rings. The van der Waals surface area contributed by atoms with Crippen molar-refractivity contribution in [3.8, 4) is 0 Å². The minimum atomic E-state index is 1.19. The summed E-state index contributed by atoms with van der Waals surface area (Å²) < 4.78 is 0. The highest BCUT2D eigenvalue weighted by molar-refractivity contribution is 5.43. The molecule has 0 heteroatoms. The number of aryl methyl sites for hydroxylation is 2. The van der Waals surface area contributed by atoms with Crippen LogP contribution in [0.3, 0.4) is 0 Å². The molecule has 0 N–H and O–H groups in total. The quantitative estimate of drug-likeness (QED) is 0.652. The zero-order valence-corrected chi connectivity index (χ0v) is 9.15. The fraction of sp³-hybridized carbons (Fsp3) is 0.462. The van der Waals surface area contributed by atoms with E-state index in [1.807, 2.05) is 0 Å². The molecule has 0 saturated heterocycles. The predicted molar refractivity (Wildman–Crippen MR) is 59.0 cm³/mol. The van der Waals surface area contributed by atoms with Gasteiger partial charge in [0.05, 0.1) is 0 Å². The maximum absolute atomic E-state index is 2.36. The van der Waals surface area contributed by atoms with Crippen LogP contribution in [0.15, 0.2) is 12.1 Å². The van der Waals surface area contributed by atoms with Crippen LogP contribution < -0.4 is 0 Å². The highest BCUT2D eigenvalue weighted by atomic mass is 14.1. The molecule has 0 aliphatic heterocycles. The Labute approximate surface area is 82.0 Å². The normalized spacial score (nSPS) is 10.5. The van der Waals surface area contributed by atoms with Gasteiger partial charge in [0, 0.05) is 0 Å². The second-order valence-electron chi connectivity index (χ2n) is 3.73. The van der Waals surface area contributed by atoms with E-state index in [2.05, 4.69) is 46.2 Å². The second-order valence-corrected chi connectivity index (χ2v) is 3.73. The first-order chi connectivity index (χ1) is 6.16. The van der Waals surface area contributed by atoms with Gasteiger partial charge in [-0.1, -0.05) is 25.5 Å². The van der Waals surface area contributed by atoms with Crippen molar-refractivity contribution in [2.75, 3.05) is 0 Å². The van der Waals surface area contributed by atoms with Gasteiger partial charge in [-0.05, 0) is 55.9 Å². The van der Waals surface area contributed by atoms with Gasteiger partial charge < -0.3 is 0 Å². The Hall–Kier alpha value is -0.780. The summed E-state index contributed by atoms with van der Waals surface area (Å²) in [6, 6.07) is 4.41. The first-order valence-corrected chi connectivity index (χ1v) is 5.06. The van der Waals surface area contributed by atoms with Crippen LogP contribution in [0.5, 0.6) is 0 Å². The van der Waals surface area contributed by atoms with Gasteiger partial charge in [-0.2, -0.15) is 0 Å². The lowest BCUT2D eigenvalue weighted by atomic mass is 9.95. The zero-order valence-electron chi connectivity index (χ0n) is 9.15. The summed E-state index contributed by atoms with van der Waals surface area (Å²) >= 11 is 0. The van der Waals surface area contributed by atoms with Crippen LogP contribution in [-0.2, 0) is 0 Å². The summed E-state index contributed by atoms with van der Waals surface area (Å²) in [5.41, 5.74) is 5.68. The van der Waals surface area contributed by atoms with E-state index in [0.717, 1.165) is 0 Å². The number of hydrogen-bond acceptors (Lipinski definition) is 0. The van der Waals surface area contributed by atoms with Gasteiger partial charge in [0.1, 0.15) is 0 Å². The van der Waals surface area contributed by atoms with E-state index in [1.54, 1.807) is 0 Å². The summed E-state index contributed by atoms with van der Waals surface area (Å²) in [4.78, 5) is 0. The third-order valence-electron chi connectivity index (χ3n) is 2.64. The summed E-state index contributed by atoms with van der Waals surface area (Å²) in [6.07, 6.45) is 4.77. The lowest BCUT2D eigenvalue weighted by Crippen LogP contribution is -1.94. The molecule has 0 spiro atoms. The van der Waals surface area contributed by atoms with E-state index in [9.17, 15) is 0 Å². The van der Waals surface area contributed by atoms with Crippen molar-refractivity contribution in [1.82, 2.24) is 0 Å². The highest BCUT2D eigenvalue weighted by Crippen LogP contribution is 2.20. The second kappa shape index (κ2) is 4.45. The Kier molecular flexibility index (Phi) is 3.53. The maximum atomic E-state index is 2.36. The van der Waals surface area contributed by atoms with Gasteiger partial charge in [0.15, 0.2) is 0 Å². The fourth-order valence-electron chi connectivity index (χ4n) is 1.58. The standard InChI is InChI=1S/C13H19/c1-5-6-7-13-11(3)9-8-10(2)12(13)4/h7-9H,5-6H2,1-4H3. The Morgan fingerprint density at radius 2 is 1.69 bits per heavy atom. The number of rotatable bonds is 3. The Bertz CT molecular complexity index is 284. The molecule has 0 aromatic heterocycles. The van der Waals surface area contributed by atoms with Crippen LogP contribution in [0.25, 0.3) is 0 Å². The molecular weight excluding hydrogens is 156 g/mol. The van der Waals surface area contributed by atoms with Crippen LogP contribution >= 0.6 is 0 Å². The van der Waals surface area contributed by atoms with Gasteiger partial charge in [-0.15, -0.1) is 0 Å². The minimum absolute atomic E-state index is 1.19. The zero-order chi connectivity index (χ0) is 9.84. The molecule has 0 unspecified atom stereocenters. The molecule has 0 aliphatic carbocycles. The van der Waals surface area contributed by atoms with Crippen molar-refractivity contribution < 1.29 is 0 Å². The summed E-state index contributed by atoms with van der Waals surface area (Å²) in [5.74, 6) is 0. The first-order valence-electron chi connectivity index (χ1n) is 5.06. The molecule has 71 valence electrons.